The fourth-order valence-electron chi connectivity index (χ4n) is 10.6. The number of esters is 2. The number of hydrogen-bond donors (Lipinski definition) is 4. The molecule has 6 aliphatic heterocycles. The summed E-state index contributed by atoms with van der Waals surface area (Å²) in [4.78, 5) is 84.7. The molecule has 4 amide bonds. The van der Waals surface area contributed by atoms with E-state index in [4.69, 9.17) is 30.8 Å². The van der Waals surface area contributed by atoms with Gasteiger partial charge in [0.2, 0.25) is 0 Å². The number of nitrogens with one attached hydrogen (secondary N) is 1. The van der Waals surface area contributed by atoms with Gasteiger partial charge in [-0.2, -0.15) is 0 Å². The molecule has 0 aliphatic carbocycles. The maximum absolute atomic E-state index is 13.2. The second-order valence-electron chi connectivity index (χ2n) is 19.9. The molecule has 13 rings (SSSR count). The number of benzene rings is 7. The van der Waals surface area contributed by atoms with E-state index >= 15 is 0 Å². The van der Waals surface area contributed by atoms with E-state index in [9.17, 15) is 28.8 Å². The van der Waals surface area contributed by atoms with Crippen LogP contribution in [0.5, 0.6) is 0 Å². The molecule has 0 saturated carbocycles. The number of nitrogens with two attached hydrogens (primary N) is 2. The van der Waals surface area contributed by atoms with Gasteiger partial charge >= 0.3 is 11.9 Å². The Kier molecular flexibility index (Phi) is 20.8. The molecule has 7 aromatic carbocycles. The van der Waals surface area contributed by atoms with Gasteiger partial charge in [-0.05, 0) is 84.4 Å². The Hall–Kier alpha value is -7.02. The minimum atomic E-state index is -0.582. The first-order valence-electron chi connectivity index (χ1n) is 27.6. The molecule has 6 aliphatic rings. The van der Waals surface area contributed by atoms with Crippen molar-refractivity contribution in [2.75, 3.05) is 136 Å². The van der Waals surface area contributed by atoms with E-state index in [2.05, 4.69) is 56.6 Å². The number of para-hydroxylation sites is 2. The van der Waals surface area contributed by atoms with Crippen LogP contribution in [0.1, 0.15) is 69.1 Å². The molecule has 0 spiro atoms. The molecule has 0 bridgehead atoms. The zero-order valence-electron chi connectivity index (χ0n) is 46.1. The summed E-state index contributed by atoms with van der Waals surface area (Å²) >= 11 is 6.90. The van der Waals surface area contributed by atoms with E-state index in [1.54, 1.807) is 55.5 Å². The van der Waals surface area contributed by atoms with E-state index in [1.807, 2.05) is 66.7 Å². The van der Waals surface area contributed by atoms with Crippen molar-refractivity contribution >= 4 is 117 Å². The van der Waals surface area contributed by atoms with Crippen LogP contribution in [0, 0.1) is 0 Å². The smallest absolute Gasteiger partial charge is 0.346 e. The van der Waals surface area contributed by atoms with Crippen LogP contribution in [-0.4, -0.2) is 190 Å². The van der Waals surface area contributed by atoms with Gasteiger partial charge in [0.25, 0.3) is 23.6 Å². The average Bonchev–Trinajstić information content (AvgIpc) is 2.80. The summed E-state index contributed by atoms with van der Waals surface area (Å²) in [5, 5.41) is 15.6. The normalized spacial score (nSPS) is 16.9. The van der Waals surface area contributed by atoms with Gasteiger partial charge in [-0.25, -0.2) is 9.59 Å². The number of aliphatic hydroxyl groups excluding tert-OH is 1. The first kappa shape index (κ1) is 60.6. The summed E-state index contributed by atoms with van der Waals surface area (Å²) in [5.74, 6) is -2.06. The topological polar surface area (TPSA) is 240 Å². The largest absolute Gasteiger partial charge is 0.397 e. The maximum atomic E-state index is 13.2. The number of aliphatic hydroxyl groups is 1. The summed E-state index contributed by atoms with van der Waals surface area (Å²) in [7, 11) is 0. The van der Waals surface area contributed by atoms with Crippen molar-refractivity contribution in [3.05, 3.63) is 158 Å². The summed E-state index contributed by atoms with van der Waals surface area (Å²) in [6.45, 7) is 15.8. The highest BCUT2D eigenvalue weighted by Gasteiger charge is 2.35. The molecule has 7 aromatic rings. The van der Waals surface area contributed by atoms with E-state index in [0.29, 0.717) is 102 Å². The Bertz CT molecular complexity index is 3480. The number of anilines is 3. The number of morpholine rings is 3. The van der Waals surface area contributed by atoms with Gasteiger partial charge in [0.05, 0.1) is 62.1 Å². The van der Waals surface area contributed by atoms with Crippen LogP contribution in [0.4, 0.5) is 17.1 Å². The molecule has 0 aromatic heterocycles. The van der Waals surface area contributed by atoms with Crippen LogP contribution in [0.2, 0.25) is 0 Å². The van der Waals surface area contributed by atoms with Crippen molar-refractivity contribution in [3.63, 3.8) is 0 Å². The fraction of sp³-hybridized carbons (Fsp3) is 0.323. The molecule has 434 valence electrons. The maximum Gasteiger partial charge on any atom is 0.346 e. The number of carbonyl (C=O) groups excluding carboxylic acids is 6. The lowest BCUT2D eigenvalue weighted by Crippen LogP contribution is -2.46. The molecular weight excluding hydrogens is 1190 g/mol. The second kappa shape index (κ2) is 28.5. The lowest BCUT2D eigenvalue weighted by Gasteiger charge is -2.31. The number of rotatable bonds is 10. The van der Waals surface area contributed by atoms with Gasteiger partial charge in [0.1, 0.15) is 0 Å². The molecule has 0 radical (unpaired) electrons. The standard InChI is InChI=1S/C24H24N4O3.C18H17BrN2O3.C12H5BrO3.C6H14N2O.C2H6O/c25-19-6-1-2-7-21(19)26-20-9-8-18-22-16(20)4-3-5-17(22)23(29)28(24(18)30)11-10-27-12-14-31-15-13-27;19-15-5-4-14-16-12(15)2-1-3-13(16)17(22)21(18(14)23)7-6-20-8-10-24-11-9-20;13-9-5-4-8-10-6(9)2-1-3-7(10)11(14)16-12(8)15;7-1-2-8-3-5-9-6-4-8;1-2-3/h1-9,26H,10-15,25H2;1-5H,6-11H2;1-5H;1-7H2;3H,2H2,1H3. The minimum absolute atomic E-state index is 0.204. The van der Waals surface area contributed by atoms with E-state index in [-0.39, 0.29) is 30.2 Å². The van der Waals surface area contributed by atoms with Crippen molar-refractivity contribution in [3.8, 4) is 0 Å². The molecule has 6 N–H and O–H groups in total. The highest BCUT2D eigenvalue weighted by molar-refractivity contribution is 9.11. The molecule has 0 atom stereocenters. The molecule has 19 nitrogen and oxygen atoms in total. The molecule has 3 saturated heterocycles. The Morgan fingerprint density at radius 1 is 0.458 bits per heavy atom. The van der Waals surface area contributed by atoms with Crippen molar-refractivity contribution in [1.29, 1.82) is 0 Å². The predicted octanol–water partition coefficient (Wildman–Crippen LogP) is 7.81. The zero-order valence-corrected chi connectivity index (χ0v) is 49.3. The number of halogens is 2. The predicted molar refractivity (Wildman–Crippen MR) is 325 cm³/mol. The summed E-state index contributed by atoms with van der Waals surface area (Å²) < 4.78 is 22.3. The first-order chi connectivity index (χ1) is 40.3. The summed E-state index contributed by atoms with van der Waals surface area (Å²) in [6, 6.07) is 34.7. The number of nitrogens with zero attached hydrogens (tertiary/aromatic N) is 5. The van der Waals surface area contributed by atoms with Crippen molar-refractivity contribution in [2.24, 2.45) is 5.73 Å². The van der Waals surface area contributed by atoms with E-state index < -0.39 is 11.9 Å². The quantitative estimate of drug-likeness (QED) is 0.0442. The third-order valence-corrected chi connectivity index (χ3v) is 16.2. The lowest BCUT2D eigenvalue weighted by molar-refractivity contribution is 0.0311. The Labute approximate surface area is 497 Å². The van der Waals surface area contributed by atoms with Crippen molar-refractivity contribution in [1.82, 2.24) is 24.5 Å². The number of cyclic esters (lactones) is 2. The van der Waals surface area contributed by atoms with Gasteiger partial charge in [0.15, 0.2) is 0 Å². The van der Waals surface area contributed by atoms with Gasteiger partial charge in [-0.1, -0.05) is 80.4 Å². The molecular formula is C62H66Br2N8O11. The van der Waals surface area contributed by atoms with Gasteiger partial charge < -0.3 is 40.8 Å². The van der Waals surface area contributed by atoms with Crippen LogP contribution >= 0.6 is 31.9 Å². The number of amides is 4. The number of hydrogen-bond acceptors (Lipinski definition) is 17. The SMILES string of the molecule is CCO.NCCN1CCOCC1.Nc1ccccc1Nc1ccc2c3c(cccc13)C(=O)N(CCN1CCOCC1)C2=O.O=C1OC(=O)c2ccc(Br)c3cccc1c23.O=C1c2cccc3c(Br)ccc(c23)C(=O)N1CCN1CCOCC1. The second-order valence-corrected chi connectivity index (χ2v) is 21.6. The summed E-state index contributed by atoms with van der Waals surface area (Å²) in [6.07, 6.45) is 0. The Morgan fingerprint density at radius 3 is 1.30 bits per heavy atom. The zero-order chi connectivity index (χ0) is 58.6. The molecule has 21 heteroatoms. The van der Waals surface area contributed by atoms with Crippen LogP contribution < -0.4 is 16.8 Å². The van der Waals surface area contributed by atoms with Crippen molar-refractivity contribution < 1.29 is 52.8 Å². The van der Waals surface area contributed by atoms with Crippen LogP contribution in [0.25, 0.3) is 32.3 Å². The summed E-state index contributed by atoms with van der Waals surface area (Å²) in [5.41, 5.74) is 16.9. The highest BCUT2D eigenvalue weighted by atomic mass is 79.9. The van der Waals surface area contributed by atoms with Crippen molar-refractivity contribution in [2.45, 2.75) is 6.92 Å². The lowest BCUT2D eigenvalue weighted by atomic mass is 9.93. The highest BCUT2D eigenvalue weighted by Crippen LogP contribution is 2.38. The third-order valence-electron chi connectivity index (χ3n) is 14.8. The average molecular weight is 1260 g/mol. The Morgan fingerprint density at radius 2 is 0.831 bits per heavy atom. The molecule has 83 heavy (non-hydrogen) atoms. The van der Waals surface area contributed by atoms with E-state index in [0.717, 1.165) is 107 Å². The first-order valence-corrected chi connectivity index (χ1v) is 29.2. The number of nitrogen functional groups attached to an aromatic ring is 1. The Balaban J connectivity index is 0.000000141. The van der Waals surface area contributed by atoms with E-state index in [1.165, 1.54) is 9.80 Å². The number of carbonyl (C=O) groups is 6. The van der Waals surface area contributed by atoms with Gasteiger partial charge in [-0.3, -0.25) is 43.7 Å². The molecule has 3 fully saturated rings. The fourth-order valence-corrected chi connectivity index (χ4v) is 11.5. The van der Waals surface area contributed by atoms with Gasteiger partial charge in [-0.15, -0.1) is 0 Å². The molecule has 0 unspecified atom stereocenters. The number of imide groups is 2. The van der Waals surface area contributed by atoms with Crippen LogP contribution in [0.3, 0.4) is 0 Å². The van der Waals surface area contributed by atoms with Crippen LogP contribution in [-0.2, 0) is 18.9 Å². The third kappa shape index (κ3) is 13.8. The van der Waals surface area contributed by atoms with Crippen LogP contribution in [0.15, 0.2) is 124 Å². The minimum Gasteiger partial charge on any atom is -0.397 e. The molecule has 6 heterocycles. The number of ether oxygens (including phenoxy) is 4. The monoisotopic (exact) mass is 1260 g/mol. The van der Waals surface area contributed by atoms with Gasteiger partial charge in [0, 0.05) is 144 Å².